The highest BCUT2D eigenvalue weighted by Gasteiger charge is 2.05. The van der Waals surface area contributed by atoms with E-state index in [9.17, 15) is 0 Å². The Balaban J connectivity index is 2.14. The minimum Gasteiger partial charge on any atom is -0.489 e. The Hall–Kier alpha value is -2.47. The predicted octanol–water partition coefficient (Wildman–Crippen LogP) is 3.03. The molecular formula is C15H14N2O. The topological polar surface area (TPSA) is 59.0 Å². The number of aryl methyl sites for hydroxylation is 1. The third-order valence-electron chi connectivity index (χ3n) is 2.71. The summed E-state index contributed by atoms with van der Waals surface area (Å²) in [7, 11) is 0. The van der Waals surface area contributed by atoms with Crippen LogP contribution in [0.4, 0.5) is 5.69 Å². The number of ether oxygens (including phenoxy) is 1. The van der Waals surface area contributed by atoms with E-state index in [-0.39, 0.29) is 0 Å². The number of anilines is 1. The molecule has 2 rings (SSSR count). The highest BCUT2D eigenvalue weighted by molar-refractivity contribution is 5.57. The van der Waals surface area contributed by atoms with E-state index in [0.717, 1.165) is 11.3 Å². The fourth-order valence-corrected chi connectivity index (χ4v) is 1.67. The smallest absolute Gasteiger partial charge is 0.119 e. The monoisotopic (exact) mass is 238 g/mol. The average molecular weight is 238 g/mol. The number of benzene rings is 2. The minimum atomic E-state index is 0.344. The Bertz CT molecular complexity index is 582. The summed E-state index contributed by atoms with van der Waals surface area (Å²) in [5.74, 6) is 0.784. The molecule has 2 aromatic carbocycles. The molecule has 3 nitrogen and oxygen atoms in total. The van der Waals surface area contributed by atoms with E-state index >= 15 is 0 Å². The largest absolute Gasteiger partial charge is 0.489 e. The summed E-state index contributed by atoms with van der Waals surface area (Å²) in [5, 5.41) is 9.05. The SMILES string of the molecule is Cc1ccc(OCc2cccc(N)c2C#N)cc1. The quantitative estimate of drug-likeness (QED) is 0.836. The Morgan fingerprint density at radius 3 is 2.56 bits per heavy atom. The number of hydrogen-bond donors (Lipinski definition) is 1. The number of nitrogens with zero attached hydrogens (tertiary/aromatic N) is 1. The van der Waals surface area contributed by atoms with Gasteiger partial charge < -0.3 is 10.5 Å². The van der Waals surface area contributed by atoms with Crippen molar-refractivity contribution in [2.75, 3.05) is 5.73 Å². The molecule has 0 amide bonds. The molecule has 0 aliphatic rings. The molecule has 0 aliphatic carbocycles. The number of nitrogen functional groups attached to an aromatic ring is 1. The first-order valence-electron chi connectivity index (χ1n) is 5.67. The zero-order valence-electron chi connectivity index (χ0n) is 10.2. The second-order valence-electron chi connectivity index (χ2n) is 4.09. The molecule has 3 heteroatoms. The third kappa shape index (κ3) is 2.61. The first-order chi connectivity index (χ1) is 8.70. The van der Waals surface area contributed by atoms with Crippen molar-refractivity contribution in [2.24, 2.45) is 0 Å². The molecular weight excluding hydrogens is 224 g/mol. The highest BCUT2D eigenvalue weighted by atomic mass is 16.5. The van der Waals surface area contributed by atoms with Crippen molar-refractivity contribution in [3.8, 4) is 11.8 Å². The minimum absolute atomic E-state index is 0.344. The lowest BCUT2D eigenvalue weighted by Gasteiger charge is -2.09. The van der Waals surface area contributed by atoms with Crippen LogP contribution in [0.5, 0.6) is 5.75 Å². The lowest BCUT2D eigenvalue weighted by molar-refractivity contribution is 0.306. The number of nitrogens with two attached hydrogens (primary N) is 1. The number of nitriles is 1. The van der Waals surface area contributed by atoms with Gasteiger partial charge in [0.05, 0.1) is 5.56 Å². The predicted molar refractivity (Wildman–Crippen MR) is 71.1 cm³/mol. The molecule has 0 radical (unpaired) electrons. The van der Waals surface area contributed by atoms with E-state index in [1.54, 1.807) is 6.07 Å². The van der Waals surface area contributed by atoms with Gasteiger partial charge in [-0.15, -0.1) is 0 Å². The molecule has 2 N–H and O–H groups in total. The van der Waals surface area contributed by atoms with Crippen molar-refractivity contribution in [3.05, 3.63) is 59.2 Å². The standard InChI is InChI=1S/C15H14N2O/c1-11-5-7-13(8-6-11)18-10-12-3-2-4-15(17)14(12)9-16/h2-8H,10,17H2,1H3. The van der Waals surface area contributed by atoms with E-state index in [2.05, 4.69) is 6.07 Å². The Labute approximate surface area is 106 Å². The molecule has 0 atom stereocenters. The summed E-state index contributed by atoms with van der Waals surface area (Å²) < 4.78 is 5.64. The number of hydrogen-bond acceptors (Lipinski definition) is 3. The second kappa shape index (κ2) is 5.24. The van der Waals surface area contributed by atoms with Gasteiger partial charge in [-0.1, -0.05) is 29.8 Å². The molecule has 2 aromatic rings. The maximum absolute atomic E-state index is 9.05. The second-order valence-corrected chi connectivity index (χ2v) is 4.09. The Kier molecular flexibility index (Phi) is 3.49. The zero-order chi connectivity index (χ0) is 13.0. The molecule has 0 saturated carbocycles. The van der Waals surface area contributed by atoms with Gasteiger partial charge in [-0.05, 0) is 25.1 Å². The molecule has 0 saturated heterocycles. The van der Waals surface area contributed by atoms with Crippen LogP contribution in [-0.4, -0.2) is 0 Å². The summed E-state index contributed by atoms with van der Waals surface area (Å²) in [6.07, 6.45) is 0. The van der Waals surface area contributed by atoms with Crippen LogP contribution >= 0.6 is 0 Å². The van der Waals surface area contributed by atoms with Gasteiger partial charge in [0.1, 0.15) is 18.4 Å². The van der Waals surface area contributed by atoms with E-state index in [4.69, 9.17) is 15.7 Å². The molecule has 0 aromatic heterocycles. The molecule has 18 heavy (non-hydrogen) atoms. The van der Waals surface area contributed by atoms with E-state index < -0.39 is 0 Å². The maximum atomic E-state index is 9.05. The lowest BCUT2D eigenvalue weighted by Crippen LogP contribution is -2.01. The molecule has 0 spiro atoms. The van der Waals surface area contributed by atoms with Gasteiger partial charge in [-0.25, -0.2) is 0 Å². The van der Waals surface area contributed by atoms with Gasteiger partial charge >= 0.3 is 0 Å². The van der Waals surface area contributed by atoms with Crippen LogP contribution in [-0.2, 0) is 6.61 Å². The van der Waals surface area contributed by atoms with Gasteiger partial charge in [-0.2, -0.15) is 5.26 Å². The van der Waals surface area contributed by atoms with Gasteiger partial charge in [0.2, 0.25) is 0 Å². The summed E-state index contributed by atoms with van der Waals surface area (Å²) in [4.78, 5) is 0. The highest BCUT2D eigenvalue weighted by Crippen LogP contribution is 2.19. The summed E-state index contributed by atoms with van der Waals surface area (Å²) >= 11 is 0. The first-order valence-corrected chi connectivity index (χ1v) is 5.67. The molecule has 0 aliphatic heterocycles. The summed E-state index contributed by atoms with van der Waals surface area (Å²) in [6.45, 7) is 2.37. The lowest BCUT2D eigenvalue weighted by atomic mass is 10.1. The summed E-state index contributed by atoms with van der Waals surface area (Å²) in [6, 6.07) is 15.3. The zero-order valence-corrected chi connectivity index (χ0v) is 10.2. The molecule has 0 heterocycles. The molecule has 0 unspecified atom stereocenters. The molecule has 90 valence electrons. The molecule has 0 bridgehead atoms. The Morgan fingerprint density at radius 2 is 1.89 bits per heavy atom. The van der Waals surface area contributed by atoms with E-state index in [0.29, 0.717) is 17.9 Å². The summed E-state index contributed by atoms with van der Waals surface area (Å²) in [5.41, 5.74) is 8.71. The van der Waals surface area contributed by atoms with Crippen molar-refractivity contribution >= 4 is 5.69 Å². The van der Waals surface area contributed by atoms with E-state index in [1.165, 1.54) is 5.56 Å². The van der Waals surface area contributed by atoms with Crippen LogP contribution in [0.25, 0.3) is 0 Å². The van der Waals surface area contributed by atoms with Gasteiger partial charge in [0.25, 0.3) is 0 Å². The number of rotatable bonds is 3. The van der Waals surface area contributed by atoms with Gasteiger partial charge in [0.15, 0.2) is 0 Å². The maximum Gasteiger partial charge on any atom is 0.119 e. The van der Waals surface area contributed by atoms with Crippen LogP contribution < -0.4 is 10.5 Å². The van der Waals surface area contributed by atoms with Crippen LogP contribution in [0.3, 0.4) is 0 Å². The normalized spacial score (nSPS) is 9.78. The van der Waals surface area contributed by atoms with Crippen molar-refractivity contribution in [3.63, 3.8) is 0 Å². The molecule has 0 fully saturated rings. The third-order valence-corrected chi connectivity index (χ3v) is 2.71. The fraction of sp³-hybridized carbons (Fsp3) is 0.133. The van der Waals surface area contributed by atoms with Crippen LogP contribution in [0.1, 0.15) is 16.7 Å². The van der Waals surface area contributed by atoms with Crippen LogP contribution in [0.2, 0.25) is 0 Å². The fourth-order valence-electron chi connectivity index (χ4n) is 1.67. The Morgan fingerprint density at radius 1 is 1.17 bits per heavy atom. The first kappa shape index (κ1) is 12.0. The van der Waals surface area contributed by atoms with Crippen molar-refractivity contribution in [1.82, 2.24) is 0 Å². The van der Waals surface area contributed by atoms with Gasteiger partial charge in [0, 0.05) is 11.3 Å². The van der Waals surface area contributed by atoms with Gasteiger partial charge in [-0.3, -0.25) is 0 Å². The van der Waals surface area contributed by atoms with Crippen molar-refractivity contribution < 1.29 is 4.74 Å². The van der Waals surface area contributed by atoms with Crippen molar-refractivity contribution in [1.29, 1.82) is 5.26 Å². The average Bonchev–Trinajstić information content (AvgIpc) is 2.38. The van der Waals surface area contributed by atoms with E-state index in [1.807, 2.05) is 43.3 Å². The van der Waals surface area contributed by atoms with Crippen LogP contribution in [0, 0.1) is 18.3 Å². The van der Waals surface area contributed by atoms with Crippen LogP contribution in [0.15, 0.2) is 42.5 Å². The van der Waals surface area contributed by atoms with Crippen molar-refractivity contribution in [2.45, 2.75) is 13.5 Å².